The zero-order valence-corrected chi connectivity index (χ0v) is 26.9. The van der Waals surface area contributed by atoms with Crippen molar-refractivity contribution in [3.63, 3.8) is 0 Å². The molecule has 1 saturated carbocycles. The van der Waals surface area contributed by atoms with E-state index in [9.17, 15) is 14.7 Å². The summed E-state index contributed by atoms with van der Waals surface area (Å²) in [5, 5.41) is 11.2. The van der Waals surface area contributed by atoms with E-state index in [0.29, 0.717) is 39.8 Å². The van der Waals surface area contributed by atoms with E-state index in [1.807, 2.05) is 47.0 Å². The molecule has 4 aromatic heterocycles. The number of rotatable bonds is 8. The van der Waals surface area contributed by atoms with Crippen LogP contribution in [0.2, 0.25) is 5.02 Å². The van der Waals surface area contributed by atoms with Crippen molar-refractivity contribution in [2.24, 2.45) is 13.0 Å². The Hall–Kier alpha value is -4.68. The number of aromatic carboxylic acids is 1. The monoisotopic (exact) mass is 657 g/mol. The second-order valence-electron chi connectivity index (χ2n) is 13.1. The molecule has 1 aromatic carbocycles. The molecule has 6 heterocycles. The number of likely N-dealkylation sites (N-methyl/N-ethyl adjacent to an activating group) is 1. The number of nitrogens with zero attached hydrogens (tertiary/aromatic N) is 7. The number of anilines is 2. The summed E-state index contributed by atoms with van der Waals surface area (Å²) in [6.07, 6.45) is 6.61. The van der Waals surface area contributed by atoms with Gasteiger partial charge >= 0.3 is 5.97 Å². The normalized spacial score (nSPS) is 20.7. The SMILES string of the molecule is CN(C)C1CN(c2ccc(-n3cc(C(=O)O)c(=O)c4cc(F)c(N5C(COc6nc7c(ccn7C)cc6Cl)CC6CC65)cc43)cn2)C1. The number of aromatic nitrogens is 4. The zero-order valence-electron chi connectivity index (χ0n) is 26.1. The van der Waals surface area contributed by atoms with E-state index in [2.05, 4.69) is 33.9 Å². The maximum absolute atomic E-state index is 16.0. The van der Waals surface area contributed by atoms with Crippen LogP contribution in [0.4, 0.5) is 15.9 Å². The third kappa shape index (κ3) is 4.97. The number of hydrogen-bond acceptors (Lipinski definition) is 8. The molecule has 5 aromatic rings. The lowest BCUT2D eigenvalue weighted by atomic mass is 10.1. The van der Waals surface area contributed by atoms with Gasteiger partial charge in [-0.15, -0.1) is 0 Å². The molecule has 0 spiro atoms. The number of pyridine rings is 3. The van der Waals surface area contributed by atoms with E-state index >= 15 is 4.39 Å². The van der Waals surface area contributed by atoms with Gasteiger partial charge in [0.2, 0.25) is 11.3 Å². The van der Waals surface area contributed by atoms with E-state index in [1.54, 1.807) is 16.8 Å². The first-order chi connectivity index (χ1) is 22.6. The lowest BCUT2D eigenvalue weighted by Crippen LogP contribution is -2.57. The average Bonchev–Trinajstić information content (AvgIpc) is 3.55. The Bertz CT molecular complexity index is 2130. The van der Waals surface area contributed by atoms with Crippen molar-refractivity contribution in [1.82, 2.24) is 24.0 Å². The Morgan fingerprint density at radius 3 is 2.70 bits per heavy atom. The first-order valence-electron chi connectivity index (χ1n) is 15.6. The molecule has 47 heavy (non-hydrogen) atoms. The molecule has 1 aliphatic carbocycles. The number of carboxylic acids is 1. The van der Waals surface area contributed by atoms with Crippen molar-refractivity contribution in [1.29, 1.82) is 0 Å². The fraction of sp³-hybridized carbons (Fsp3) is 0.353. The molecule has 2 aliphatic heterocycles. The lowest BCUT2D eigenvalue weighted by Gasteiger charge is -2.43. The fourth-order valence-electron chi connectivity index (χ4n) is 7.08. The van der Waals surface area contributed by atoms with Gasteiger partial charge in [-0.3, -0.25) is 4.79 Å². The quantitative estimate of drug-likeness (QED) is 0.257. The van der Waals surface area contributed by atoms with Crippen LogP contribution in [0.3, 0.4) is 0 Å². The van der Waals surface area contributed by atoms with Crippen LogP contribution in [0.1, 0.15) is 23.2 Å². The number of benzene rings is 1. The van der Waals surface area contributed by atoms with Crippen molar-refractivity contribution < 1.29 is 19.0 Å². The van der Waals surface area contributed by atoms with Crippen LogP contribution in [0.5, 0.6) is 5.88 Å². The zero-order chi connectivity index (χ0) is 32.7. The van der Waals surface area contributed by atoms with Gasteiger partial charge in [-0.25, -0.2) is 14.2 Å². The Morgan fingerprint density at radius 1 is 1.17 bits per heavy atom. The van der Waals surface area contributed by atoms with Gasteiger partial charge in [-0.05, 0) is 69.3 Å². The Morgan fingerprint density at radius 2 is 1.98 bits per heavy atom. The summed E-state index contributed by atoms with van der Waals surface area (Å²) in [6, 6.07) is 10.7. The van der Waals surface area contributed by atoms with Crippen LogP contribution in [-0.2, 0) is 7.05 Å². The van der Waals surface area contributed by atoms with Gasteiger partial charge in [0, 0.05) is 55.4 Å². The van der Waals surface area contributed by atoms with E-state index in [-0.39, 0.29) is 24.1 Å². The second-order valence-corrected chi connectivity index (χ2v) is 13.5. The summed E-state index contributed by atoms with van der Waals surface area (Å²) in [6.45, 7) is 1.96. The van der Waals surface area contributed by atoms with Crippen LogP contribution >= 0.6 is 11.6 Å². The molecule has 0 bridgehead atoms. The Balaban J connectivity index is 1.15. The van der Waals surface area contributed by atoms with Gasteiger partial charge in [-0.1, -0.05) is 11.6 Å². The van der Waals surface area contributed by atoms with Crippen LogP contribution in [0.25, 0.3) is 27.6 Å². The standard InChI is InChI=1S/C34H33ClFN7O4/c1-39(2)22-14-41(15-22)30-5-4-20(13-37-30)42-16-24(34(45)46)31(44)23-11-26(36)29(12-28(23)42)43-21(8-19-10-27(19)43)17-47-33-25(35)9-18-6-7-40(3)32(18)38-33/h4-7,9,11-13,16,19,21-22,27H,8,10,14-15,17H2,1-3H3,(H,45,46). The number of aryl methyl sites for hydroxylation is 1. The molecule has 3 fully saturated rings. The minimum atomic E-state index is -1.38. The number of fused-ring (bicyclic) bond motifs is 3. The molecule has 3 aliphatic rings. The van der Waals surface area contributed by atoms with Crippen LogP contribution in [0, 0.1) is 11.7 Å². The van der Waals surface area contributed by atoms with Gasteiger partial charge in [-0.2, -0.15) is 4.98 Å². The summed E-state index contributed by atoms with van der Waals surface area (Å²) in [7, 11) is 6.00. The Labute approximate surface area is 274 Å². The number of halogens is 2. The van der Waals surface area contributed by atoms with Crippen molar-refractivity contribution in [3.8, 4) is 11.6 Å². The molecular weight excluding hydrogens is 625 g/mol. The lowest BCUT2D eigenvalue weighted by molar-refractivity contribution is 0.0695. The Kier molecular flexibility index (Phi) is 6.92. The second kappa shape index (κ2) is 11.0. The third-order valence-corrected chi connectivity index (χ3v) is 10.2. The van der Waals surface area contributed by atoms with Gasteiger partial charge in [0.1, 0.15) is 34.5 Å². The highest BCUT2D eigenvalue weighted by Gasteiger charge is 2.53. The van der Waals surface area contributed by atoms with Crippen LogP contribution in [-0.4, -0.2) is 87.0 Å². The molecule has 242 valence electrons. The minimum Gasteiger partial charge on any atom is -0.477 e. The number of carboxylic acid groups (broad SMARTS) is 1. The average molecular weight is 658 g/mol. The summed E-state index contributed by atoms with van der Waals surface area (Å²) in [5.74, 6) is -0.443. The summed E-state index contributed by atoms with van der Waals surface area (Å²) in [5.41, 5.74) is 0.858. The third-order valence-electron chi connectivity index (χ3n) is 9.89. The molecule has 2 saturated heterocycles. The number of ether oxygens (including phenoxy) is 1. The molecule has 0 amide bonds. The molecular formula is C34H33ClFN7O4. The van der Waals surface area contributed by atoms with E-state index in [4.69, 9.17) is 16.3 Å². The molecule has 11 nitrogen and oxygen atoms in total. The van der Waals surface area contributed by atoms with E-state index in [1.165, 1.54) is 6.20 Å². The van der Waals surface area contributed by atoms with Crippen molar-refractivity contribution in [2.75, 3.05) is 43.6 Å². The topological polar surface area (TPSA) is 109 Å². The predicted octanol–water partition coefficient (Wildman–Crippen LogP) is 4.56. The van der Waals surface area contributed by atoms with Crippen molar-refractivity contribution >= 4 is 51.0 Å². The van der Waals surface area contributed by atoms with Gasteiger partial charge in [0.05, 0.1) is 29.1 Å². The summed E-state index contributed by atoms with van der Waals surface area (Å²) in [4.78, 5) is 41.0. The predicted molar refractivity (Wildman–Crippen MR) is 178 cm³/mol. The summed E-state index contributed by atoms with van der Waals surface area (Å²) < 4.78 is 25.7. The van der Waals surface area contributed by atoms with Crippen molar-refractivity contribution in [3.05, 3.63) is 81.6 Å². The molecule has 0 radical (unpaired) electrons. The highest BCUT2D eigenvalue weighted by Crippen LogP contribution is 2.51. The maximum atomic E-state index is 16.0. The highest BCUT2D eigenvalue weighted by atomic mass is 35.5. The van der Waals surface area contributed by atoms with Crippen LogP contribution < -0.4 is 20.0 Å². The molecule has 3 atom stereocenters. The fourth-order valence-corrected chi connectivity index (χ4v) is 7.29. The van der Waals surface area contributed by atoms with E-state index in [0.717, 1.165) is 48.8 Å². The molecule has 8 rings (SSSR count). The maximum Gasteiger partial charge on any atom is 0.341 e. The first-order valence-corrected chi connectivity index (χ1v) is 16.0. The van der Waals surface area contributed by atoms with E-state index < -0.39 is 22.8 Å². The smallest absolute Gasteiger partial charge is 0.341 e. The number of carbonyl (C=O) groups is 1. The number of hydrogen-bond donors (Lipinski definition) is 1. The largest absolute Gasteiger partial charge is 0.477 e. The van der Waals surface area contributed by atoms with Gasteiger partial charge in [0.25, 0.3) is 0 Å². The van der Waals surface area contributed by atoms with Gasteiger partial charge < -0.3 is 33.7 Å². The first kappa shape index (κ1) is 29.7. The summed E-state index contributed by atoms with van der Waals surface area (Å²) >= 11 is 6.51. The molecule has 1 N–H and O–H groups in total. The highest BCUT2D eigenvalue weighted by molar-refractivity contribution is 6.32. The van der Waals surface area contributed by atoms with Gasteiger partial charge in [0.15, 0.2) is 0 Å². The molecule has 13 heteroatoms. The molecule has 3 unspecified atom stereocenters. The number of piperidine rings is 1. The minimum absolute atomic E-state index is 0.0157. The van der Waals surface area contributed by atoms with Crippen molar-refractivity contribution in [2.45, 2.75) is 31.0 Å². The van der Waals surface area contributed by atoms with Crippen LogP contribution in [0.15, 0.2) is 59.8 Å².